The molecule has 110 valence electrons. The third kappa shape index (κ3) is 3.79. The summed E-state index contributed by atoms with van der Waals surface area (Å²) in [5, 5.41) is 2.70. The molecule has 20 heavy (non-hydrogen) atoms. The fourth-order valence-corrected chi connectivity index (χ4v) is 3.46. The van der Waals surface area contributed by atoms with Crippen LogP contribution in [0, 0.1) is 5.92 Å². The van der Waals surface area contributed by atoms with Gasteiger partial charge in [-0.25, -0.2) is 8.42 Å². The van der Waals surface area contributed by atoms with Crippen LogP contribution in [0.1, 0.15) is 25.7 Å². The molecule has 1 aliphatic carbocycles. The summed E-state index contributed by atoms with van der Waals surface area (Å²) in [5.41, 5.74) is 0.210. The number of nitrogens with one attached hydrogen (secondary N) is 1. The SMILES string of the molecule is O=C(CC1CCC1)Nc1c(Cl)cc(S(=O)(=O)Cl)cc1Cl. The number of benzene rings is 1. The van der Waals surface area contributed by atoms with Gasteiger partial charge in [-0.3, -0.25) is 4.79 Å². The lowest BCUT2D eigenvalue weighted by molar-refractivity contribution is -0.117. The number of carbonyl (C=O) groups is 1. The number of amides is 1. The van der Waals surface area contributed by atoms with Crippen molar-refractivity contribution in [3.63, 3.8) is 0 Å². The Kier molecular flexibility index (Phi) is 4.84. The van der Waals surface area contributed by atoms with Gasteiger partial charge in [0.05, 0.1) is 20.6 Å². The molecule has 1 saturated carbocycles. The number of anilines is 1. The first-order chi connectivity index (χ1) is 9.27. The van der Waals surface area contributed by atoms with Crippen molar-refractivity contribution in [3.05, 3.63) is 22.2 Å². The highest BCUT2D eigenvalue weighted by Crippen LogP contribution is 2.35. The van der Waals surface area contributed by atoms with Crippen LogP contribution in [0.4, 0.5) is 5.69 Å². The van der Waals surface area contributed by atoms with Gasteiger partial charge in [0.2, 0.25) is 5.91 Å². The molecule has 0 radical (unpaired) electrons. The summed E-state index contributed by atoms with van der Waals surface area (Å²) in [7, 11) is 1.31. The number of hydrogen-bond acceptors (Lipinski definition) is 3. The van der Waals surface area contributed by atoms with Crippen LogP contribution in [0.5, 0.6) is 0 Å². The van der Waals surface area contributed by atoms with Crippen molar-refractivity contribution in [1.29, 1.82) is 0 Å². The van der Waals surface area contributed by atoms with Gasteiger partial charge in [0.25, 0.3) is 9.05 Å². The first-order valence-electron chi connectivity index (χ1n) is 6.01. The Bertz CT molecular complexity index is 618. The summed E-state index contributed by atoms with van der Waals surface area (Å²) in [4.78, 5) is 11.6. The summed E-state index contributed by atoms with van der Waals surface area (Å²) >= 11 is 11.9. The minimum absolute atomic E-state index is 0.0404. The van der Waals surface area contributed by atoms with E-state index < -0.39 is 9.05 Å². The van der Waals surface area contributed by atoms with Crippen molar-refractivity contribution in [2.75, 3.05) is 5.32 Å². The Morgan fingerprint density at radius 3 is 2.20 bits per heavy atom. The lowest BCUT2D eigenvalue weighted by Gasteiger charge is -2.24. The molecule has 2 rings (SSSR count). The molecule has 0 saturated heterocycles. The molecule has 0 heterocycles. The van der Waals surface area contributed by atoms with Crippen LogP contribution >= 0.6 is 33.9 Å². The predicted molar refractivity (Wildman–Crippen MR) is 80.1 cm³/mol. The van der Waals surface area contributed by atoms with Crippen LogP contribution in [0.2, 0.25) is 10.0 Å². The quantitative estimate of drug-likeness (QED) is 0.828. The molecule has 1 aliphatic rings. The third-order valence-electron chi connectivity index (χ3n) is 3.26. The van der Waals surface area contributed by atoms with E-state index in [1.165, 1.54) is 0 Å². The van der Waals surface area contributed by atoms with Crippen molar-refractivity contribution in [1.82, 2.24) is 0 Å². The number of hydrogen-bond donors (Lipinski definition) is 1. The first-order valence-corrected chi connectivity index (χ1v) is 9.07. The Morgan fingerprint density at radius 1 is 1.25 bits per heavy atom. The molecule has 1 amide bonds. The van der Waals surface area contributed by atoms with Crippen LogP contribution in [-0.2, 0) is 13.8 Å². The molecule has 1 aromatic rings. The minimum atomic E-state index is -3.92. The van der Waals surface area contributed by atoms with Gasteiger partial charge in [-0.15, -0.1) is 0 Å². The molecule has 0 atom stereocenters. The van der Waals surface area contributed by atoms with E-state index in [-0.39, 0.29) is 26.5 Å². The van der Waals surface area contributed by atoms with Crippen molar-refractivity contribution in [3.8, 4) is 0 Å². The second kappa shape index (κ2) is 6.10. The fourth-order valence-electron chi connectivity index (χ4n) is 1.96. The highest BCUT2D eigenvalue weighted by atomic mass is 35.7. The summed E-state index contributed by atoms with van der Waals surface area (Å²) in [6.45, 7) is 0. The van der Waals surface area contributed by atoms with Gasteiger partial charge >= 0.3 is 0 Å². The van der Waals surface area contributed by atoms with E-state index in [2.05, 4.69) is 5.32 Å². The molecular weight excluding hydrogens is 345 g/mol. The van der Waals surface area contributed by atoms with E-state index in [0.717, 1.165) is 31.4 Å². The summed E-state index contributed by atoms with van der Waals surface area (Å²) in [5.74, 6) is 0.232. The number of carbonyl (C=O) groups excluding carboxylic acids is 1. The minimum Gasteiger partial charge on any atom is -0.324 e. The van der Waals surface area contributed by atoms with Crippen LogP contribution < -0.4 is 5.32 Å². The molecule has 0 aromatic heterocycles. The average molecular weight is 357 g/mol. The Morgan fingerprint density at radius 2 is 1.80 bits per heavy atom. The second-order valence-electron chi connectivity index (χ2n) is 4.75. The fraction of sp³-hybridized carbons (Fsp3) is 0.417. The zero-order valence-electron chi connectivity index (χ0n) is 10.3. The largest absolute Gasteiger partial charge is 0.324 e. The van der Waals surface area contributed by atoms with Gasteiger partial charge in [0.1, 0.15) is 0 Å². The number of rotatable bonds is 4. The van der Waals surface area contributed by atoms with E-state index in [0.29, 0.717) is 12.3 Å². The molecular formula is C12H12Cl3NO3S. The third-order valence-corrected chi connectivity index (χ3v) is 5.19. The normalized spacial score (nSPS) is 15.8. The molecule has 1 N–H and O–H groups in total. The molecule has 0 unspecified atom stereocenters. The molecule has 1 fully saturated rings. The molecule has 0 aliphatic heterocycles. The highest BCUT2D eigenvalue weighted by Gasteiger charge is 2.22. The van der Waals surface area contributed by atoms with E-state index in [4.69, 9.17) is 33.9 Å². The molecule has 0 bridgehead atoms. The Balaban J connectivity index is 2.17. The van der Waals surface area contributed by atoms with Crippen molar-refractivity contribution in [2.24, 2.45) is 5.92 Å². The molecule has 8 heteroatoms. The smallest absolute Gasteiger partial charge is 0.261 e. The second-order valence-corrected chi connectivity index (χ2v) is 8.13. The maximum Gasteiger partial charge on any atom is 0.261 e. The van der Waals surface area contributed by atoms with Gasteiger partial charge in [0, 0.05) is 17.1 Å². The maximum absolute atomic E-state index is 11.8. The Labute approximate surface area is 131 Å². The van der Waals surface area contributed by atoms with Crippen LogP contribution in [-0.4, -0.2) is 14.3 Å². The van der Waals surface area contributed by atoms with Crippen LogP contribution in [0.3, 0.4) is 0 Å². The highest BCUT2D eigenvalue weighted by molar-refractivity contribution is 8.13. The topological polar surface area (TPSA) is 63.2 Å². The average Bonchev–Trinajstić information content (AvgIpc) is 2.27. The van der Waals surface area contributed by atoms with Crippen LogP contribution in [0.15, 0.2) is 17.0 Å². The zero-order valence-corrected chi connectivity index (χ0v) is 13.4. The summed E-state index contributed by atoms with van der Waals surface area (Å²) < 4.78 is 22.4. The predicted octanol–water partition coefficient (Wildman–Crippen LogP) is 4.05. The van der Waals surface area contributed by atoms with Gasteiger partial charge < -0.3 is 5.32 Å². The lowest BCUT2D eigenvalue weighted by Crippen LogP contribution is -2.21. The van der Waals surface area contributed by atoms with Gasteiger partial charge in [0.15, 0.2) is 0 Å². The number of halogens is 3. The molecule has 1 aromatic carbocycles. The van der Waals surface area contributed by atoms with Crippen molar-refractivity contribution < 1.29 is 13.2 Å². The maximum atomic E-state index is 11.8. The van der Waals surface area contributed by atoms with E-state index in [1.807, 2.05) is 0 Å². The monoisotopic (exact) mass is 355 g/mol. The van der Waals surface area contributed by atoms with Gasteiger partial charge in [-0.05, 0) is 30.9 Å². The first kappa shape index (κ1) is 15.9. The van der Waals surface area contributed by atoms with Gasteiger partial charge in [-0.1, -0.05) is 29.6 Å². The summed E-state index contributed by atoms with van der Waals surface area (Å²) in [6, 6.07) is 2.32. The van der Waals surface area contributed by atoms with Crippen LogP contribution in [0.25, 0.3) is 0 Å². The molecule has 4 nitrogen and oxygen atoms in total. The van der Waals surface area contributed by atoms with Gasteiger partial charge in [-0.2, -0.15) is 0 Å². The lowest BCUT2D eigenvalue weighted by atomic mass is 9.83. The zero-order chi connectivity index (χ0) is 14.9. The Hall–Kier alpha value is -0.490. The van der Waals surface area contributed by atoms with Crippen molar-refractivity contribution in [2.45, 2.75) is 30.6 Å². The van der Waals surface area contributed by atoms with E-state index in [1.54, 1.807) is 0 Å². The van der Waals surface area contributed by atoms with Crippen molar-refractivity contribution >= 4 is 54.5 Å². The van der Waals surface area contributed by atoms with E-state index >= 15 is 0 Å². The van der Waals surface area contributed by atoms with E-state index in [9.17, 15) is 13.2 Å². The summed E-state index contributed by atoms with van der Waals surface area (Å²) in [6.07, 6.45) is 3.68. The molecule has 0 spiro atoms. The standard InChI is InChI=1S/C12H12Cl3NO3S/c13-9-5-8(20(15,18)19)6-10(14)12(9)16-11(17)4-7-2-1-3-7/h5-7H,1-4H2,(H,16,17).